The SMILES string of the molecule is CCCCCCCCCCCCCc1cccc(OC(CC2(Oc3cccc(C(CCC)CCCCCCCCC)c3)CO2)C(O)C(O)CC)c1. The minimum absolute atomic E-state index is 0.328. The van der Waals surface area contributed by atoms with Gasteiger partial charge >= 0.3 is 0 Å². The van der Waals surface area contributed by atoms with Gasteiger partial charge in [-0.2, -0.15) is 0 Å². The Bertz CT molecular complexity index is 1150. The zero-order chi connectivity index (χ0) is 36.6. The summed E-state index contributed by atoms with van der Waals surface area (Å²) in [7, 11) is 0. The molecule has 0 radical (unpaired) electrons. The lowest BCUT2D eigenvalue weighted by Gasteiger charge is -2.29. The van der Waals surface area contributed by atoms with Gasteiger partial charge in [0.15, 0.2) is 0 Å². The molecular weight excluding hydrogens is 633 g/mol. The molecule has 290 valence electrons. The van der Waals surface area contributed by atoms with Crippen molar-refractivity contribution in [1.82, 2.24) is 0 Å². The summed E-state index contributed by atoms with van der Waals surface area (Å²) in [5, 5.41) is 21.9. The minimum atomic E-state index is -1.06. The van der Waals surface area contributed by atoms with E-state index in [1.165, 1.54) is 140 Å². The Morgan fingerprint density at radius 1 is 0.647 bits per heavy atom. The number of hydrogen-bond donors (Lipinski definition) is 2. The van der Waals surface area contributed by atoms with Crippen molar-refractivity contribution in [1.29, 1.82) is 0 Å². The smallest absolute Gasteiger partial charge is 0.238 e. The summed E-state index contributed by atoms with van der Waals surface area (Å²) in [5.74, 6) is 1.17. The van der Waals surface area contributed by atoms with Gasteiger partial charge in [-0.3, -0.25) is 0 Å². The molecule has 5 atom stereocenters. The fraction of sp³-hybridized carbons (Fsp3) is 0.739. The molecule has 1 aliphatic rings. The van der Waals surface area contributed by atoms with E-state index in [0.29, 0.717) is 31.1 Å². The Kier molecular flexibility index (Phi) is 21.9. The third kappa shape index (κ3) is 17.5. The maximum Gasteiger partial charge on any atom is 0.238 e. The van der Waals surface area contributed by atoms with Crippen LogP contribution in [0.3, 0.4) is 0 Å². The fourth-order valence-electron chi connectivity index (χ4n) is 7.49. The number of ether oxygens (including phenoxy) is 3. The lowest BCUT2D eigenvalue weighted by Crippen LogP contribution is -2.44. The summed E-state index contributed by atoms with van der Waals surface area (Å²) in [5.41, 5.74) is 2.58. The predicted octanol–water partition coefficient (Wildman–Crippen LogP) is 12.6. The van der Waals surface area contributed by atoms with Gasteiger partial charge in [0.25, 0.3) is 0 Å². The zero-order valence-electron chi connectivity index (χ0n) is 33.2. The molecule has 0 spiro atoms. The predicted molar refractivity (Wildman–Crippen MR) is 214 cm³/mol. The summed E-state index contributed by atoms with van der Waals surface area (Å²) in [6, 6.07) is 16.8. The van der Waals surface area contributed by atoms with Crippen molar-refractivity contribution in [2.75, 3.05) is 6.61 Å². The van der Waals surface area contributed by atoms with E-state index < -0.39 is 24.1 Å². The van der Waals surface area contributed by atoms with E-state index in [9.17, 15) is 10.2 Å². The summed E-state index contributed by atoms with van der Waals surface area (Å²) < 4.78 is 19.0. The molecule has 3 rings (SSSR count). The van der Waals surface area contributed by atoms with Crippen LogP contribution in [0.4, 0.5) is 0 Å². The second kappa shape index (κ2) is 25.8. The highest BCUT2D eigenvalue weighted by Crippen LogP contribution is 2.39. The maximum atomic E-state index is 11.2. The lowest BCUT2D eigenvalue weighted by molar-refractivity contribution is -0.0774. The molecule has 0 aromatic heterocycles. The van der Waals surface area contributed by atoms with Crippen LogP contribution in [0.1, 0.15) is 192 Å². The van der Waals surface area contributed by atoms with Crippen LogP contribution in [-0.2, 0) is 11.2 Å². The standard InChI is InChI=1S/C46H76O5/c1-5-9-11-13-15-16-17-18-20-21-23-28-38-29-25-32-41(34-38)50-44(45(48)43(47)8-4)36-46(37-49-46)51-42-33-26-31-40(35-42)39(27-7-3)30-24-22-19-14-12-10-6-2/h25-26,29,31-35,39,43-45,47-48H,5-24,27-28,30,36-37H2,1-4H3. The van der Waals surface area contributed by atoms with Gasteiger partial charge in [-0.25, -0.2) is 0 Å². The summed E-state index contributed by atoms with van der Waals surface area (Å²) in [4.78, 5) is 0. The van der Waals surface area contributed by atoms with E-state index in [-0.39, 0.29) is 0 Å². The van der Waals surface area contributed by atoms with Gasteiger partial charge in [-0.05, 0) is 73.4 Å². The fourth-order valence-corrected chi connectivity index (χ4v) is 7.49. The topological polar surface area (TPSA) is 71.5 Å². The van der Waals surface area contributed by atoms with Crippen molar-refractivity contribution in [3.8, 4) is 11.5 Å². The minimum Gasteiger partial charge on any atom is -0.487 e. The molecule has 1 aliphatic heterocycles. The van der Waals surface area contributed by atoms with Crippen molar-refractivity contribution in [2.24, 2.45) is 0 Å². The van der Waals surface area contributed by atoms with Crippen LogP contribution in [0.15, 0.2) is 48.5 Å². The second-order valence-electron chi connectivity index (χ2n) is 15.5. The van der Waals surface area contributed by atoms with Crippen LogP contribution in [0.5, 0.6) is 11.5 Å². The first kappa shape index (κ1) is 43.3. The molecule has 51 heavy (non-hydrogen) atoms. The molecule has 5 heteroatoms. The highest BCUT2D eigenvalue weighted by atomic mass is 16.8. The molecule has 1 saturated heterocycles. The average Bonchev–Trinajstić information content (AvgIpc) is 3.90. The number of rotatable bonds is 32. The average molecular weight is 709 g/mol. The first-order valence-corrected chi connectivity index (χ1v) is 21.5. The van der Waals surface area contributed by atoms with E-state index in [0.717, 1.165) is 18.6 Å². The second-order valence-corrected chi connectivity index (χ2v) is 15.5. The van der Waals surface area contributed by atoms with Crippen molar-refractivity contribution >= 4 is 0 Å². The van der Waals surface area contributed by atoms with E-state index in [4.69, 9.17) is 14.2 Å². The molecule has 0 saturated carbocycles. The van der Waals surface area contributed by atoms with Crippen LogP contribution in [0, 0.1) is 0 Å². The van der Waals surface area contributed by atoms with Crippen molar-refractivity contribution < 1.29 is 24.4 Å². The Labute approximate surface area is 313 Å². The van der Waals surface area contributed by atoms with Gasteiger partial charge in [-0.1, -0.05) is 168 Å². The molecule has 2 N–H and O–H groups in total. The van der Waals surface area contributed by atoms with Crippen molar-refractivity contribution in [3.05, 3.63) is 59.7 Å². The van der Waals surface area contributed by atoms with E-state index in [1.807, 2.05) is 25.1 Å². The van der Waals surface area contributed by atoms with Crippen LogP contribution in [0.25, 0.3) is 0 Å². The van der Waals surface area contributed by atoms with Crippen LogP contribution >= 0.6 is 0 Å². The molecule has 1 heterocycles. The molecular formula is C46H76O5. The molecule has 5 unspecified atom stereocenters. The zero-order valence-corrected chi connectivity index (χ0v) is 33.2. The number of hydrogen-bond acceptors (Lipinski definition) is 5. The third-order valence-electron chi connectivity index (χ3n) is 10.9. The Morgan fingerprint density at radius 2 is 1.22 bits per heavy atom. The highest BCUT2D eigenvalue weighted by molar-refractivity contribution is 5.32. The third-order valence-corrected chi connectivity index (χ3v) is 10.9. The van der Waals surface area contributed by atoms with Crippen LogP contribution in [-0.4, -0.2) is 40.9 Å². The summed E-state index contributed by atoms with van der Waals surface area (Å²) >= 11 is 0. The van der Waals surface area contributed by atoms with Gasteiger partial charge in [0.05, 0.1) is 12.5 Å². The molecule has 0 amide bonds. The van der Waals surface area contributed by atoms with Gasteiger partial charge in [0.1, 0.15) is 30.3 Å². The summed E-state index contributed by atoms with van der Waals surface area (Å²) in [6.45, 7) is 9.14. The molecule has 5 nitrogen and oxygen atoms in total. The monoisotopic (exact) mass is 709 g/mol. The Balaban J connectivity index is 1.53. The number of aliphatic hydroxyl groups excluding tert-OH is 2. The summed E-state index contributed by atoms with van der Waals surface area (Å²) in [6.07, 6.45) is 26.7. The quantitative estimate of drug-likeness (QED) is 0.0585. The molecule has 0 bridgehead atoms. The van der Waals surface area contributed by atoms with E-state index >= 15 is 0 Å². The van der Waals surface area contributed by atoms with Gasteiger partial charge in [0.2, 0.25) is 5.79 Å². The van der Waals surface area contributed by atoms with Crippen molar-refractivity contribution in [3.63, 3.8) is 0 Å². The first-order chi connectivity index (χ1) is 24.9. The van der Waals surface area contributed by atoms with Crippen LogP contribution in [0.2, 0.25) is 0 Å². The maximum absolute atomic E-state index is 11.2. The normalized spacial score (nSPS) is 17.9. The largest absolute Gasteiger partial charge is 0.487 e. The number of unbranched alkanes of at least 4 members (excludes halogenated alkanes) is 16. The number of aryl methyl sites for hydroxylation is 1. The van der Waals surface area contributed by atoms with Gasteiger partial charge < -0.3 is 24.4 Å². The molecule has 2 aromatic carbocycles. The molecule has 0 aliphatic carbocycles. The Hall–Kier alpha value is -2.08. The van der Waals surface area contributed by atoms with Gasteiger partial charge in [0, 0.05) is 0 Å². The Morgan fingerprint density at radius 3 is 1.80 bits per heavy atom. The molecule has 2 aromatic rings. The van der Waals surface area contributed by atoms with Crippen molar-refractivity contribution in [2.45, 2.75) is 212 Å². The number of aliphatic hydroxyl groups is 2. The lowest BCUT2D eigenvalue weighted by atomic mass is 9.89. The van der Waals surface area contributed by atoms with E-state index in [1.54, 1.807) is 0 Å². The van der Waals surface area contributed by atoms with Gasteiger partial charge in [-0.15, -0.1) is 0 Å². The molecule has 1 fully saturated rings. The van der Waals surface area contributed by atoms with Crippen LogP contribution < -0.4 is 9.47 Å². The first-order valence-electron chi connectivity index (χ1n) is 21.5. The highest BCUT2D eigenvalue weighted by Gasteiger charge is 2.52. The number of epoxide rings is 1. The van der Waals surface area contributed by atoms with E-state index in [2.05, 4.69) is 51.1 Å². The number of benzene rings is 2.